The SMILES string of the molecule is CCC(CC)C1CC(C)CC(C2CCCC(C3CC(C)CC(C(CC)CC)C3)C2)C1. The maximum absolute atomic E-state index is 2.57. The first-order valence-corrected chi connectivity index (χ1v) is 14.5. The monoisotopic (exact) mass is 416 g/mol. The minimum Gasteiger partial charge on any atom is -0.0651 e. The first kappa shape index (κ1) is 24.6. The van der Waals surface area contributed by atoms with E-state index in [1.54, 1.807) is 44.9 Å². The van der Waals surface area contributed by atoms with Gasteiger partial charge in [0.25, 0.3) is 0 Å². The molecule has 0 aromatic rings. The highest BCUT2D eigenvalue weighted by atomic mass is 14.5. The first-order chi connectivity index (χ1) is 14.5. The van der Waals surface area contributed by atoms with Crippen LogP contribution in [0.4, 0.5) is 0 Å². The molecule has 8 atom stereocenters. The van der Waals surface area contributed by atoms with Crippen molar-refractivity contribution < 1.29 is 0 Å². The second-order valence-corrected chi connectivity index (χ2v) is 12.5. The van der Waals surface area contributed by atoms with Crippen LogP contribution in [0.2, 0.25) is 0 Å². The highest BCUT2D eigenvalue weighted by molar-refractivity contribution is 4.90. The molecule has 0 saturated heterocycles. The Morgan fingerprint density at radius 1 is 0.500 bits per heavy atom. The van der Waals surface area contributed by atoms with E-state index in [2.05, 4.69) is 41.5 Å². The van der Waals surface area contributed by atoms with Gasteiger partial charge in [-0.05, 0) is 104 Å². The van der Waals surface area contributed by atoms with Gasteiger partial charge >= 0.3 is 0 Å². The van der Waals surface area contributed by atoms with E-state index in [9.17, 15) is 0 Å². The van der Waals surface area contributed by atoms with Crippen molar-refractivity contribution in [3.63, 3.8) is 0 Å². The molecule has 0 N–H and O–H groups in total. The summed E-state index contributed by atoms with van der Waals surface area (Å²) in [5.41, 5.74) is 0. The molecule has 3 saturated carbocycles. The van der Waals surface area contributed by atoms with Crippen molar-refractivity contribution in [2.24, 2.45) is 59.2 Å². The quantitative estimate of drug-likeness (QED) is 0.369. The third kappa shape index (κ3) is 6.07. The van der Waals surface area contributed by atoms with Crippen LogP contribution in [0.25, 0.3) is 0 Å². The van der Waals surface area contributed by atoms with Crippen LogP contribution in [-0.4, -0.2) is 0 Å². The Balaban J connectivity index is 1.63. The average molecular weight is 417 g/mol. The van der Waals surface area contributed by atoms with Crippen LogP contribution in [0.3, 0.4) is 0 Å². The van der Waals surface area contributed by atoms with Gasteiger partial charge in [0.05, 0.1) is 0 Å². The van der Waals surface area contributed by atoms with Crippen LogP contribution < -0.4 is 0 Å². The van der Waals surface area contributed by atoms with Crippen molar-refractivity contribution in [2.75, 3.05) is 0 Å². The van der Waals surface area contributed by atoms with Crippen molar-refractivity contribution in [2.45, 2.75) is 131 Å². The van der Waals surface area contributed by atoms with Gasteiger partial charge in [-0.25, -0.2) is 0 Å². The highest BCUT2D eigenvalue weighted by Crippen LogP contribution is 2.50. The highest BCUT2D eigenvalue weighted by Gasteiger charge is 2.40. The van der Waals surface area contributed by atoms with Crippen LogP contribution in [0.5, 0.6) is 0 Å². The summed E-state index contributed by atoms with van der Waals surface area (Å²) in [4.78, 5) is 0. The van der Waals surface area contributed by atoms with E-state index in [0.717, 1.165) is 59.2 Å². The molecular formula is C30H56. The smallest absolute Gasteiger partial charge is 0.0380 e. The fourth-order valence-electron chi connectivity index (χ4n) is 9.00. The van der Waals surface area contributed by atoms with Gasteiger partial charge in [0.1, 0.15) is 0 Å². The van der Waals surface area contributed by atoms with Gasteiger partial charge in [0.15, 0.2) is 0 Å². The zero-order chi connectivity index (χ0) is 21.7. The number of hydrogen-bond donors (Lipinski definition) is 0. The summed E-state index contributed by atoms with van der Waals surface area (Å²) in [6, 6.07) is 0. The van der Waals surface area contributed by atoms with Gasteiger partial charge in [-0.1, -0.05) is 86.5 Å². The topological polar surface area (TPSA) is 0 Å². The summed E-state index contributed by atoms with van der Waals surface area (Å²) in [5.74, 6) is 10.2. The molecule has 3 aliphatic carbocycles. The van der Waals surface area contributed by atoms with Crippen molar-refractivity contribution in [1.29, 1.82) is 0 Å². The Kier molecular flexibility index (Phi) is 9.65. The molecule has 0 heterocycles. The summed E-state index contributed by atoms with van der Waals surface area (Å²) < 4.78 is 0. The largest absolute Gasteiger partial charge is 0.0651 e. The standard InChI is InChI=1S/C30H56/c1-7-23(8-2)27-14-21(5)16-29(19-27)25-12-11-13-26(18-25)30-17-22(6)15-28(20-30)24(9-3)10-4/h21-30H,7-20H2,1-6H3. The lowest BCUT2D eigenvalue weighted by atomic mass is 9.59. The van der Waals surface area contributed by atoms with E-state index in [0.29, 0.717) is 0 Å². The Morgan fingerprint density at radius 3 is 1.27 bits per heavy atom. The van der Waals surface area contributed by atoms with E-state index in [1.807, 2.05) is 0 Å². The molecular weight excluding hydrogens is 360 g/mol. The second kappa shape index (κ2) is 11.7. The van der Waals surface area contributed by atoms with Gasteiger partial charge in [-0.3, -0.25) is 0 Å². The van der Waals surface area contributed by atoms with Crippen molar-refractivity contribution in [3.05, 3.63) is 0 Å². The van der Waals surface area contributed by atoms with Crippen LogP contribution in [-0.2, 0) is 0 Å². The molecule has 0 heteroatoms. The normalized spacial score (nSPS) is 40.8. The fourth-order valence-corrected chi connectivity index (χ4v) is 9.00. The molecule has 0 amide bonds. The fraction of sp³-hybridized carbons (Fsp3) is 1.00. The third-order valence-electron chi connectivity index (χ3n) is 10.6. The van der Waals surface area contributed by atoms with Gasteiger partial charge < -0.3 is 0 Å². The Hall–Kier alpha value is 0. The number of rotatable bonds is 8. The average Bonchev–Trinajstić information content (AvgIpc) is 2.75. The maximum Gasteiger partial charge on any atom is -0.0380 e. The lowest BCUT2D eigenvalue weighted by Gasteiger charge is -2.46. The van der Waals surface area contributed by atoms with Crippen LogP contribution >= 0.6 is 0 Å². The molecule has 0 radical (unpaired) electrons. The van der Waals surface area contributed by atoms with Gasteiger partial charge in [0.2, 0.25) is 0 Å². The van der Waals surface area contributed by atoms with Crippen LogP contribution in [0, 0.1) is 59.2 Å². The number of hydrogen-bond acceptors (Lipinski definition) is 0. The summed E-state index contributed by atoms with van der Waals surface area (Å²) in [6.45, 7) is 14.9. The van der Waals surface area contributed by atoms with E-state index < -0.39 is 0 Å². The van der Waals surface area contributed by atoms with Crippen LogP contribution in [0.1, 0.15) is 131 Å². The molecule has 0 aliphatic heterocycles. The Labute approximate surface area is 190 Å². The van der Waals surface area contributed by atoms with E-state index in [4.69, 9.17) is 0 Å². The second-order valence-electron chi connectivity index (χ2n) is 12.5. The predicted octanol–water partition coefficient (Wildman–Crippen LogP) is 9.77. The maximum atomic E-state index is 2.57. The summed E-state index contributed by atoms with van der Waals surface area (Å²) in [6.07, 6.45) is 21.2. The van der Waals surface area contributed by atoms with E-state index >= 15 is 0 Å². The molecule has 0 aromatic heterocycles. The molecule has 3 aliphatic rings. The molecule has 3 rings (SSSR count). The van der Waals surface area contributed by atoms with Gasteiger partial charge in [-0.2, -0.15) is 0 Å². The summed E-state index contributed by atoms with van der Waals surface area (Å²) >= 11 is 0. The summed E-state index contributed by atoms with van der Waals surface area (Å²) in [5, 5.41) is 0. The van der Waals surface area contributed by atoms with Crippen molar-refractivity contribution >= 4 is 0 Å². The van der Waals surface area contributed by atoms with Gasteiger partial charge in [-0.15, -0.1) is 0 Å². The van der Waals surface area contributed by atoms with Gasteiger partial charge in [0, 0.05) is 0 Å². The minimum atomic E-state index is 0.976. The lowest BCUT2D eigenvalue weighted by Crippen LogP contribution is -2.36. The molecule has 0 nitrogen and oxygen atoms in total. The van der Waals surface area contributed by atoms with Crippen molar-refractivity contribution in [3.8, 4) is 0 Å². The van der Waals surface area contributed by atoms with E-state index in [1.165, 1.54) is 44.9 Å². The molecule has 3 fully saturated rings. The molecule has 0 spiro atoms. The molecule has 176 valence electrons. The minimum absolute atomic E-state index is 0.976. The Morgan fingerprint density at radius 2 is 0.900 bits per heavy atom. The zero-order valence-corrected chi connectivity index (χ0v) is 21.7. The molecule has 8 unspecified atom stereocenters. The third-order valence-corrected chi connectivity index (χ3v) is 10.6. The Bertz CT molecular complexity index is 430. The predicted molar refractivity (Wildman–Crippen MR) is 134 cm³/mol. The molecule has 30 heavy (non-hydrogen) atoms. The van der Waals surface area contributed by atoms with Crippen LogP contribution in [0.15, 0.2) is 0 Å². The van der Waals surface area contributed by atoms with E-state index in [-0.39, 0.29) is 0 Å². The first-order valence-electron chi connectivity index (χ1n) is 14.5. The summed E-state index contributed by atoms with van der Waals surface area (Å²) in [7, 11) is 0. The van der Waals surface area contributed by atoms with Crippen molar-refractivity contribution in [1.82, 2.24) is 0 Å². The molecule has 0 bridgehead atoms. The lowest BCUT2D eigenvalue weighted by molar-refractivity contribution is 0.0433. The molecule has 0 aromatic carbocycles. The zero-order valence-electron chi connectivity index (χ0n) is 21.7.